The van der Waals surface area contributed by atoms with Gasteiger partial charge in [0.2, 0.25) is 0 Å². The van der Waals surface area contributed by atoms with E-state index < -0.39 is 0 Å². The van der Waals surface area contributed by atoms with Crippen LogP contribution < -0.4 is 16.0 Å². The van der Waals surface area contributed by atoms with Gasteiger partial charge >= 0.3 is 0 Å². The molecule has 4 aromatic heterocycles. The van der Waals surface area contributed by atoms with E-state index in [1.807, 2.05) is 34.2 Å². The normalized spacial score (nSPS) is 17.5. The van der Waals surface area contributed by atoms with Crippen molar-refractivity contribution in [1.82, 2.24) is 34.9 Å². The second-order valence-corrected chi connectivity index (χ2v) is 8.49. The zero-order valence-electron chi connectivity index (χ0n) is 19.0. The standard InChI is InChI=1S/C23H25N9O3/c33-15-18-11-26-31-5-4-16(9-20(18)31)13-32-23-22(28-29-32)24-12-19(27-23)17-10-25-30(14-17)6-8-35-21-3-1-2-7-34-21/h4-5,9-12,14-15,21,29H,1-3,6-8,13H2,(H,24,28). The fourth-order valence-electron chi connectivity index (χ4n) is 4.24. The molecule has 1 atom stereocenters. The molecule has 1 saturated heterocycles. The van der Waals surface area contributed by atoms with Crippen molar-refractivity contribution in [3.05, 3.63) is 54.2 Å². The maximum atomic E-state index is 11.3. The fourth-order valence-corrected chi connectivity index (χ4v) is 4.24. The first-order valence-electron chi connectivity index (χ1n) is 11.6. The van der Waals surface area contributed by atoms with Crippen molar-refractivity contribution < 1.29 is 14.3 Å². The smallest absolute Gasteiger partial charge is 0.190 e. The number of ether oxygens (including phenoxy) is 2. The Labute approximate surface area is 200 Å². The molecule has 12 heteroatoms. The second kappa shape index (κ2) is 9.41. The van der Waals surface area contributed by atoms with Gasteiger partial charge in [0.1, 0.15) is 0 Å². The van der Waals surface area contributed by atoms with Gasteiger partial charge < -0.3 is 9.47 Å². The van der Waals surface area contributed by atoms with Crippen LogP contribution in [0, 0.1) is 0 Å². The highest BCUT2D eigenvalue weighted by molar-refractivity contribution is 5.85. The molecule has 6 heterocycles. The van der Waals surface area contributed by atoms with E-state index in [4.69, 9.17) is 14.5 Å². The van der Waals surface area contributed by atoms with Gasteiger partial charge in [0.25, 0.3) is 0 Å². The SMILES string of the molecule is O=Cc1cnn2ccc(CN3NNc4ncc(-c5cnn(CCOC6CCCCO6)c5)nc43)cc12. The molecule has 4 aromatic rings. The molecule has 2 N–H and O–H groups in total. The van der Waals surface area contributed by atoms with Crippen molar-refractivity contribution >= 4 is 23.4 Å². The Kier molecular flexibility index (Phi) is 5.82. The first-order valence-corrected chi connectivity index (χ1v) is 11.6. The van der Waals surface area contributed by atoms with Crippen LogP contribution in [0.5, 0.6) is 0 Å². The Morgan fingerprint density at radius 3 is 3.09 bits per heavy atom. The van der Waals surface area contributed by atoms with Crippen molar-refractivity contribution in [2.24, 2.45) is 0 Å². The molecule has 0 aromatic carbocycles. The molecule has 0 aliphatic carbocycles. The highest BCUT2D eigenvalue weighted by Crippen LogP contribution is 2.29. The number of hydrogen-bond acceptors (Lipinski definition) is 10. The van der Waals surface area contributed by atoms with Crippen LogP contribution in [-0.2, 0) is 22.6 Å². The minimum Gasteiger partial charge on any atom is -0.353 e. The minimum atomic E-state index is -0.105. The molecule has 1 fully saturated rings. The summed E-state index contributed by atoms with van der Waals surface area (Å²) in [6.45, 7) is 2.45. The molecule has 180 valence electrons. The average molecular weight is 476 g/mol. The van der Waals surface area contributed by atoms with Crippen molar-refractivity contribution in [1.29, 1.82) is 0 Å². The number of nitrogens with zero attached hydrogens (tertiary/aromatic N) is 7. The van der Waals surface area contributed by atoms with Crippen LogP contribution in [0.4, 0.5) is 11.6 Å². The lowest BCUT2D eigenvalue weighted by molar-refractivity contribution is -0.163. The summed E-state index contributed by atoms with van der Waals surface area (Å²) in [5.74, 6) is 1.32. The lowest BCUT2D eigenvalue weighted by atomic mass is 10.2. The Morgan fingerprint density at radius 1 is 1.23 bits per heavy atom. The predicted molar refractivity (Wildman–Crippen MR) is 126 cm³/mol. The Balaban J connectivity index is 1.14. The number of nitrogens with one attached hydrogen (secondary N) is 2. The molecule has 0 spiro atoms. The van der Waals surface area contributed by atoms with E-state index in [0.717, 1.165) is 54.5 Å². The maximum Gasteiger partial charge on any atom is 0.190 e. The quantitative estimate of drug-likeness (QED) is 0.367. The van der Waals surface area contributed by atoms with Crippen LogP contribution in [0.2, 0.25) is 0 Å². The zero-order valence-corrected chi connectivity index (χ0v) is 19.0. The van der Waals surface area contributed by atoms with Gasteiger partial charge in [0, 0.05) is 24.6 Å². The summed E-state index contributed by atoms with van der Waals surface area (Å²) in [7, 11) is 0. The van der Waals surface area contributed by atoms with Gasteiger partial charge in [-0.05, 0) is 37.0 Å². The summed E-state index contributed by atoms with van der Waals surface area (Å²) >= 11 is 0. The van der Waals surface area contributed by atoms with Gasteiger partial charge in [0.05, 0.1) is 55.1 Å². The number of aromatic nitrogens is 6. The van der Waals surface area contributed by atoms with E-state index in [1.54, 1.807) is 23.1 Å². The third-order valence-electron chi connectivity index (χ3n) is 6.09. The molecule has 1 unspecified atom stereocenters. The Bertz CT molecular complexity index is 1350. The molecule has 6 rings (SSSR count). The number of pyridine rings is 1. The average Bonchev–Trinajstić information content (AvgIpc) is 3.63. The first kappa shape index (κ1) is 21.6. The van der Waals surface area contributed by atoms with E-state index in [1.165, 1.54) is 0 Å². The predicted octanol–water partition coefficient (Wildman–Crippen LogP) is 2.20. The molecule has 0 saturated carbocycles. The Hall–Kier alpha value is -3.87. The van der Waals surface area contributed by atoms with E-state index >= 15 is 0 Å². The molecular formula is C23H25N9O3. The molecule has 0 radical (unpaired) electrons. The number of fused-ring (bicyclic) bond motifs is 2. The first-order chi connectivity index (χ1) is 17.3. The van der Waals surface area contributed by atoms with E-state index in [-0.39, 0.29) is 6.29 Å². The van der Waals surface area contributed by atoms with Crippen molar-refractivity contribution in [3.8, 4) is 11.3 Å². The highest BCUT2D eigenvalue weighted by atomic mass is 16.7. The number of anilines is 2. The number of carbonyl (C=O) groups is 1. The summed E-state index contributed by atoms with van der Waals surface area (Å²) in [6, 6.07) is 3.90. The van der Waals surface area contributed by atoms with Crippen molar-refractivity contribution in [2.45, 2.75) is 38.6 Å². The summed E-state index contributed by atoms with van der Waals surface area (Å²) in [4.78, 5) is 20.6. The van der Waals surface area contributed by atoms with E-state index in [2.05, 4.69) is 26.1 Å². The van der Waals surface area contributed by atoms with Crippen LogP contribution in [0.1, 0.15) is 35.2 Å². The van der Waals surface area contributed by atoms with Crippen molar-refractivity contribution in [3.63, 3.8) is 0 Å². The van der Waals surface area contributed by atoms with Crippen LogP contribution in [0.15, 0.2) is 43.1 Å². The van der Waals surface area contributed by atoms with Gasteiger partial charge in [-0.3, -0.25) is 19.9 Å². The monoisotopic (exact) mass is 475 g/mol. The number of hydrazine groups is 2. The lowest BCUT2D eigenvalue weighted by Gasteiger charge is -2.22. The summed E-state index contributed by atoms with van der Waals surface area (Å²) < 4.78 is 14.9. The van der Waals surface area contributed by atoms with Gasteiger partial charge in [0.15, 0.2) is 24.2 Å². The molecule has 0 amide bonds. The van der Waals surface area contributed by atoms with Crippen LogP contribution in [0.3, 0.4) is 0 Å². The number of aldehydes is 1. The summed E-state index contributed by atoms with van der Waals surface area (Å²) in [5.41, 5.74) is 10.0. The molecular weight excluding hydrogens is 450 g/mol. The van der Waals surface area contributed by atoms with Gasteiger partial charge in [-0.25, -0.2) is 14.5 Å². The number of carbonyl (C=O) groups excluding carboxylic acids is 1. The van der Waals surface area contributed by atoms with Gasteiger partial charge in [-0.1, -0.05) is 0 Å². The highest BCUT2D eigenvalue weighted by Gasteiger charge is 2.23. The van der Waals surface area contributed by atoms with Gasteiger partial charge in [-0.15, -0.1) is 5.53 Å². The van der Waals surface area contributed by atoms with Crippen molar-refractivity contribution in [2.75, 3.05) is 23.6 Å². The summed E-state index contributed by atoms with van der Waals surface area (Å²) in [5, 5.41) is 10.5. The molecule has 35 heavy (non-hydrogen) atoms. The molecule has 0 bridgehead atoms. The third kappa shape index (κ3) is 4.46. The maximum absolute atomic E-state index is 11.3. The molecule has 2 aliphatic rings. The minimum absolute atomic E-state index is 0.105. The Morgan fingerprint density at radius 2 is 2.20 bits per heavy atom. The summed E-state index contributed by atoms with van der Waals surface area (Å²) in [6.07, 6.45) is 12.7. The number of hydrogen-bond donors (Lipinski definition) is 2. The number of rotatable bonds is 8. The zero-order chi connectivity index (χ0) is 23.6. The lowest BCUT2D eigenvalue weighted by Crippen LogP contribution is -2.35. The van der Waals surface area contributed by atoms with Gasteiger partial charge in [-0.2, -0.15) is 10.2 Å². The fraction of sp³-hybridized carbons (Fsp3) is 0.348. The molecule has 12 nitrogen and oxygen atoms in total. The molecule has 2 aliphatic heterocycles. The topological polar surface area (TPSA) is 124 Å². The van der Waals surface area contributed by atoms with Crippen LogP contribution in [0.25, 0.3) is 16.8 Å². The van der Waals surface area contributed by atoms with Crippen LogP contribution in [-0.4, -0.2) is 55.2 Å². The van der Waals surface area contributed by atoms with Crippen LogP contribution >= 0.6 is 0 Å². The second-order valence-electron chi connectivity index (χ2n) is 8.49. The van der Waals surface area contributed by atoms with E-state index in [0.29, 0.717) is 36.9 Å². The third-order valence-corrected chi connectivity index (χ3v) is 6.09. The largest absolute Gasteiger partial charge is 0.353 e. The van der Waals surface area contributed by atoms with E-state index in [9.17, 15) is 4.79 Å².